The summed E-state index contributed by atoms with van der Waals surface area (Å²) in [7, 11) is 0. The minimum atomic E-state index is -0.586. The van der Waals surface area contributed by atoms with Crippen molar-refractivity contribution in [1.82, 2.24) is 0 Å². The molecule has 0 aromatic heterocycles. The molecule has 1 heterocycles. The number of piperidine rings is 1. The molecule has 0 unspecified atom stereocenters. The molecule has 1 aromatic rings. The topological polar surface area (TPSA) is 39.1 Å². The monoisotopic (exact) mass is 369 g/mol. The molecule has 0 amide bonds. The number of benzene rings is 1. The first-order valence-corrected chi connectivity index (χ1v) is 8.98. The number of anilines is 2. The molecule has 0 bridgehead atoms. The summed E-state index contributed by atoms with van der Waals surface area (Å²) in [6.07, 6.45) is 7.67. The van der Waals surface area contributed by atoms with Gasteiger partial charge in [0, 0.05) is 24.9 Å². The Morgan fingerprint density at radius 1 is 1.30 bits per heavy atom. The van der Waals surface area contributed by atoms with Gasteiger partial charge in [0.2, 0.25) is 0 Å². The van der Waals surface area contributed by atoms with Gasteiger partial charge in [-0.3, -0.25) is 0 Å². The fourth-order valence-corrected chi connectivity index (χ4v) is 3.09. The Morgan fingerprint density at radius 2 is 2.00 bits per heavy atom. The molecule has 5 heteroatoms. The van der Waals surface area contributed by atoms with E-state index in [-0.39, 0.29) is 0 Å². The fourth-order valence-electron chi connectivity index (χ4n) is 3.09. The number of nitriles is 1. The third-order valence-corrected chi connectivity index (χ3v) is 4.33. The number of rotatable bonds is 6. The van der Waals surface area contributed by atoms with Gasteiger partial charge in [0.25, 0.3) is 0 Å². The van der Waals surface area contributed by atoms with Crippen LogP contribution in [0.3, 0.4) is 0 Å². The van der Waals surface area contributed by atoms with Gasteiger partial charge in [-0.2, -0.15) is 5.26 Å². The largest absolute Gasteiger partial charge is 0.370 e. The van der Waals surface area contributed by atoms with Crippen LogP contribution >= 0.6 is 0 Å². The normalized spacial score (nSPS) is 16.5. The smallest absolute Gasteiger partial charge is 0.125 e. The second-order valence-corrected chi connectivity index (χ2v) is 6.74. The molecule has 2 rings (SSSR count). The third-order valence-electron chi connectivity index (χ3n) is 4.33. The van der Waals surface area contributed by atoms with Crippen LogP contribution in [0.2, 0.25) is 0 Å². The van der Waals surface area contributed by atoms with Crippen molar-refractivity contribution in [2.45, 2.75) is 26.7 Å². The van der Waals surface area contributed by atoms with Crippen molar-refractivity contribution >= 4 is 11.4 Å². The summed E-state index contributed by atoms with van der Waals surface area (Å²) in [5.41, 5.74) is 3.35. The summed E-state index contributed by atoms with van der Waals surface area (Å²) in [4.78, 5) is 2.28. The van der Waals surface area contributed by atoms with E-state index in [1.165, 1.54) is 13.0 Å². The summed E-state index contributed by atoms with van der Waals surface area (Å²) >= 11 is 0. The van der Waals surface area contributed by atoms with Crippen molar-refractivity contribution in [1.29, 1.82) is 5.26 Å². The summed E-state index contributed by atoms with van der Waals surface area (Å²) in [6, 6.07) is 7.78. The first kappa shape index (κ1) is 20.4. The van der Waals surface area contributed by atoms with Crippen molar-refractivity contribution in [3.8, 4) is 6.07 Å². The zero-order chi connectivity index (χ0) is 19.8. The third kappa shape index (κ3) is 6.41. The van der Waals surface area contributed by atoms with Crippen LogP contribution in [-0.2, 0) is 0 Å². The zero-order valence-corrected chi connectivity index (χ0v) is 15.8. The van der Waals surface area contributed by atoms with E-state index in [9.17, 15) is 8.78 Å². The molecule has 142 valence electrons. The maximum Gasteiger partial charge on any atom is 0.125 e. The van der Waals surface area contributed by atoms with Gasteiger partial charge in [0.1, 0.15) is 5.83 Å². The van der Waals surface area contributed by atoms with E-state index in [4.69, 9.17) is 5.26 Å². The molecule has 0 spiro atoms. The average molecular weight is 369 g/mol. The molecule has 1 aromatic carbocycles. The van der Waals surface area contributed by atoms with E-state index >= 15 is 0 Å². The number of nitrogens with one attached hydrogen (secondary N) is 1. The van der Waals surface area contributed by atoms with Gasteiger partial charge >= 0.3 is 0 Å². The zero-order valence-electron chi connectivity index (χ0n) is 15.8. The minimum absolute atomic E-state index is 0.358. The number of allylic oxidation sites excluding steroid dienone is 7. The molecule has 0 atom stereocenters. The highest BCUT2D eigenvalue weighted by Crippen LogP contribution is 2.32. The van der Waals surface area contributed by atoms with E-state index < -0.39 is 11.7 Å². The lowest BCUT2D eigenvalue weighted by Crippen LogP contribution is -2.33. The van der Waals surface area contributed by atoms with E-state index in [2.05, 4.69) is 22.9 Å². The quantitative estimate of drug-likeness (QED) is 0.625. The second kappa shape index (κ2) is 9.72. The minimum Gasteiger partial charge on any atom is -0.370 e. The lowest BCUT2D eigenvalue weighted by molar-refractivity contribution is 0.479. The molecule has 1 N–H and O–H groups in total. The van der Waals surface area contributed by atoms with Gasteiger partial charge < -0.3 is 10.2 Å². The summed E-state index contributed by atoms with van der Waals surface area (Å²) in [6.45, 7) is 8.71. The fraction of sp³-hybridized carbons (Fsp3) is 0.318. The van der Waals surface area contributed by atoms with Gasteiger partial charge in [0.15, 0.2) is 0 Å². The Morgan fingerprint density at radius 3 is 2.59 bits per heavy atom. The molecule has 3 nitrogen and oxygen atoms in total. The highest BCUT2D eigenvalue weighted by atomic mass is 19.1. The number of hydrogen-bond donors (Lipinski definition) is 1. The Kier molecular flexibility index (Phi) is 7.36. The lowest BCUT2D eigenvalue weighted by Gasteiger charge is -2.34. The molecule has 0 radical (unpaired) electrons. The first-order chi connectivity index (χ1) is 12.9. The van der Waals surface area contributed by atoms with Crippen LogP contribution in [0.25, 0.3) is 0 Å². The van der Waals surface area contributed by atoms with Crippen LogP contribution < -0.4 is 10.2 Å². The van der Waals surface area contributed by atoms with Crippen molar-refractivity contribution < 1.29 is 8.78 Å². The average Bonchev–Trinajstić information content (AvgIpc) is 2.61. The number of nitrogens with zero attached hydrogens (tertiary/aromatic N) is 2. The van der Waals surface area contributed by atoms with Crippen molar-refractivity contribution in [3.05, 3.63) is 72.0 Å². The van der Waals surface area contributed by atoms with Gasteiger partial charge in [-0.25, -0.2) is 8.78 Å². The van der Waals surface area contributed by atoms with E-state index in [1.807, 2.05) is 31.2 Å². The number of halogens is 2. The van der Waals surface area contributed by atoms with Crippen LogP contribution in [0.1, 0.15) is 32.3 Å². The highest BCUT2D eigenvalue weighted by Gasteiger charge is 2.19. The maximum absolute atomic E-state index is 13.4. The Hall–Kier alpha value is -2.87. The van der Waals surface area contributed by atoms with Gasteiger partial charge in [-0.1, -0.05) is 18.7 Å². The molecule has 1 fully saturated rings. The van der Waals surface area contributed by atoms with Crippen LogP contribution in [0.15, 0.2) is 66.4 Å². The second-order valence-electron chi connectivity index (χ2n) is 6.74. The standard InChI is InChI=1S/C22H25F2N3/c1-16(2)26-21-14-19(15-25)7-8-22(21)27-11-9-18(10-12-27)5-4-6-20(24)13-17(3)23/h4-8,13-14,18,26H,1,9-12H2,2-3H3/b5-4+,17-13+,20-6+. The molecular formula is C22H25F2N3. The molecule has 0 aliphatic carbocycles. The van der Waals surface area contributed by atoms with Gasteiger partial charge in [0.05, 0.1) is 28.8 Å². The van der Waals surface area contributed by atoms with E-state index in [0.29, 0.717) is 11.5 Å². The van der Waals surface area contributed by atoms with Crippen molar-refractivity contribution in [3.63, 3.8) is 0 Å². The van der Waals surface area contributed by atoms with E-state index in [1.54, 1.807) is 6.08 Å². The summed E-state index contributed by atoms with van der Waals surface area (Å²) in [5, 5.41) is 12.4. The molecule has 1 aliphatic rings. The van der Waals surface area contributed by atoms with E-state index in [0.717, 1.165) is 49.1 Å². The van der Waals surface area contributed by atoms with Crippen molar-refractivity contribution in [2.24, 2.45) is 5.92 Å². The SMILES string of the molecule is C=C(C)Nc1cc(C#N)ccc1N1CCC(/C=C/C=C(F)\C=C(/C)F)CC1. The first-order valence-electron chi connectivity index (χ1n) is 8.98. The van der Waals surface area contributed by atoms with Crippen LogP contribution in [0.5, 0.6) is 0 Å². The van der Waals surface area contributed by atoms with Crippen molar-refractivity contribution in [2.75, 3.05) is 23.3 Å². The predicted molar refractivity (Wildman–Crippen MR) is 108 cm³/mol. The Labute approximate surface area is 160 Å². The molecule has 1 aliphatic heterocycles. The van der Waals surface area contributed by atoms with Gasteiger partial charge in [-0.05, 0) is 56.9 Å². The highest BCUT2D eigenvalue weighted by molar-refractivity contribution is 5.73. The predicted octanol–water partition coefficient (Wildman–Crippen LogP) is 6.00. The molecular weight excluding hydrogens is 344 g/mol. The van der Waals surface area contributed by atoms with Gasteiger partial charge in [-0.15, -0.1) is 0 Å². The Balaban J connectivity index is 2.02. The van der Waals surface area contributed by atoms with Crippen LogP contribution in [0, 0.1) is 17.2 Å². The number of hydrogen-bond acceptors (Lipinski definition) is 3. The van der Waals surface area contributed by atoms with Crippen LogP contribution in [0.4, 0.5) is 20.2 Å². The summed E-state index contributed by atoms with van der Waals surface area (Å²) < 4.78 is 26.0. The molecule has 0 saturated carbocycles. The summed E-state index contributed by atoms with van der Waals surface area (Å²) in [5.74, 6) is -0.777. The maximum atomic E-state index is 13.4. The lowest BCUT2D eigenvalue weighted by atomic mass is 9.95. The molecule has 27 heavy (non-hydrogen) atoms. The Bertz CT molecular complexity index is 803. The molecule has 1 saturated heterocycles. The van der Waals surface area contributed by atoms with Crippen LogP contribution in [-0.4, -0.2) is 13.1 Å².